The van der Waals surface area contributed by atoms with Crippen molar-refractivity contribution in [2.24, 2.45) is 0 Å². The number of rotatable bonds is 17. The Balaban J connectivity index is 1.12. The second-order valence-corrected chi connectivity index (χ2v) is 18.6. The summed E-state index contributed by atoms with van der Waals surface area (Å²) in [7, 11) is -5.11. The van der Waals surface area contributed by atoms with Crippen LogP contribution < -0.4 is 9.64 Å². The maximum absolute atomic E-state index is 14.4. The molecule has 3 saturated heterocycles. The summed E-state index contributed by atoms with van der Waals surface area (Å²) in [5.74, 6) is 0.687. The summed E-state index contributed by atoms with van der Waals surface area (Å²) in [4.78, 5) is 13.4. The minimum atomic E-state index is -3.91. The van der Waals surface area contributed by atoms with Crippen LogP contribution in [0.25, 0.3) is 10.9 Å². The molecule has 0 radical (unpaired) electrons. The van der Waals surface area contributed by atoms with Crippen LogP contribution in [-0.4, -0.2) is 91.6 Å². The second-order valence-electron chi connectivity index (χ2n) is 15.3. The molecule has 0 saturated carbocycles. The van der Waals surface area contributed by atoms with Crippen LogP contribution >= 0.6 is 0 Å². The van der Waals surface area contributed by atoms with Crippen molar-refractivity contribution in [3.8, 4) is 5.75 Å². The number of pyridine rings is 1. The first kappa shape index (κ1) is 39.2. The Morgan fingerprint density at radius 1 is 0.750 bits per heavy atom. The number of ether oxygens (including phenoxy) is 1. The molecule has 0 bridgehead atoms. The van der Waals surface area contributed by atoms with Crippen LogP contribution in [0.15, 0.2) is 63.3 Å². The second kappa shape index (κ2) is 19.2. The van der Waals surface area contributed by atoms with Gasteiger partial charge in [-0.1, -0.05) is 64.7 Å². The van der Waals surface area contributed by atoms with E-state index in [2.05, 4.69) is 26.6 Å². The molecular formula is C42H62N4O4S2. The standard InChI is InChI=1S/C42H62N4O4S2/c1-3-4-5-6-7-8-9-10-14-31-50-36-15-18-38(19-16-36)52(48,49)41-33-43-40-20-17-37(51(2)47)32-39(40)42(41)46-29-23-35(24-30-46)45-27-21-34(22-28-45)44-25-12-11-13-26-44/h15-20,32-35H,3-14,21-31H2,1-2H3. The van der Waals surface area contributed by atoms with Crippen molar-refractivity contribution in [3.63, 3.8) is 0 Å². The van der Waals surface area contributed by atoms with Crippen molar-refractivity contribution in [1.29, 1.82) is 0 Å². The summed E-state index contributed by atoms with van der Waals surface area (Å²) in [6.45, 7) is 9.24. The summed E-state index contributed by atoms with van der Waals surface area (Å²) >= 11 is 0. The molecular weight excluding hydrogens is 689 g/mol. The Kier molecular flexibility index (Phi) is 14.4. The van der Waals surface area contributed by atoms with Gasteiger partial charge in [0.05, 0.1) is 22.7 Å². The molecule has 3 aliphatic rings. The average Bonchev–Trinajstić information content (AvgIpc) is 3.18. The average molecular weight is 751 g/mol. The van der Waals surface area contributed by atoms with Crippen LogP contribution in [0.3, 0.4) is 0 Å². The van der Waals surface area contributed by atoms with Gasteiger partial charge in [-0.2, -0.15) is 0 Å². The van der Waals surface area contributed by atoms with Crippen molar-refractivity contribution < 1.29 is 17.4 Å². The van der Waals surface area contributed by atoms with Gasteiger partial charge in [0.25, 0.3) is 0 Å². The van der Waals surface area contributed by atoms with E-state index in [0.29, 0.717) is 34.5 Å². The first-order chi connectivity index (χ1) is 25.3. The predicted octanol–water partition coefficient (Wildman–Crippen LogP) is 8.63. The topological polar surface area (TPSA) is 83.0 Å². The smallest absolute Gasteiger partial charge is 0.210 e. The molecule has 10 heteroatoms. The van der Waals surface area contributed by atoms with Crippen molar-refractivity contribution in [3.05, 3.63) is 48.7 Å². The molecule has 4 heterocycles. The summed E-state index contributed by atoms with van der Waals surface area (Å²) in [6, 6.07) is 13.7. The molecule has 0 aliphatic carbocycles. The summed E-state index contributed by atoms with van der Waals surface area (Å²) in [5, 5.41) is 0.746. The summed E-state index contributed by atoms with van der Waals surface area (Å²) < 4.78 is 47.4. The highest BCUT2D eigenvalue weighted by molar-refractivity contribution is 7.91. The van der Waals surface area contributed by atoms with E-state index in [1.165, 1.54) is 96.3 Å². The van der Waals surface area contributed by atoms with Crippen LogP contribution in [0.2, 0.25) is 0 Å². The number of anilines is 1. The highest BCUT2D eigenvalue weighted by atomic mass is 32.2. The predicted molar refractivity (Wildman–Crippen MR) is 214 cm³/mol. The Morgan fingerprint density at radius 3 is 1.98 bits per heavy atom. The van der Waals surface area contributed by atoms with E-state index in [1.54, 1.807) is 30.5 Å². The summed E-state index contributed by atoms with van der Waals surface area (Å²) in [6.07, 6.45) is 23.0. The lowest BCUT2D eigenvalue weighted by Gasteiger charge is -2.45. The van der Waals surface area contributed by atoms with Gasteiger partial charge in [-0.25, -0.2) is 8.42 Å². The maximum Gasteiger partial charge on any atom is 0.210 e. The van der Waals surface area contributed by atoms with E-state index < -0.39 is 20.6 Å². The van der Waals surface area contributed by atoms with Gasteiger partial charge in [0, 0.05) is 58.7 Å². The lowest BCUT2D eigenvalue weighted by Crippen LogP contribution is -2.52. The van der Waals surface area contributed by atoms with E-state index in [1.807, 2.05) is 18.2 Å². The largest absolute Gasteiger partial charge is 0.494 e. The summed E-state index contributed by atoms with van der Waals surface area (Å²) in [5.41, 5.74) is 1.40. The zero-order chi connectivity index (χ0) is 36.3. The third-order valence-corrected chi connectivity index (χ3v) is 14.4. The zero-order valence-electron chi connectivity index (χ0n) is 31.8. The van der Waals surface area contributed by atoms with E-state index in [9.17, 15) is 12.6 Å². The number of unbranched alkanes of at least 4 members (excludes halogenated alkanes) is 8. The molecule has 0 N–H and O–H groups in total. The zero-order valence-corrected chi connectivity index (χ0v) is 33.4. The highest BCUT2D eigenvalue weighted by Crippen LogP contribution is 2.39. The molecule has 1 aromatic heterocycles. The Bertz CT molecular complexity index is 1690. The number of fused-ring (bicyclic) bond motifs is 1. The molecule has 3 fully saturated rings. The molecule has 1 atom stereocenters. The fourth-order valence-corrected chi connectivity index (χ4v) is 10.6. The number of hydrogen-bond donors (Lipinski definition) is 0. The van der Waals surface area contributed by atoms with Crippen molar-refractivity contribution in [1.82, 2.24) is 14.8 Å². The van der Waals surface area contributed by atoms with Crippen molar-refractivity contribution in [2.75, 3.05) is 57.0 Å². The van der Waals surface area contributed by atoms with E-state index in [4.69, 9.17) is 4.74 Å². The number of hydrogen-bond acceptors (Lipinski definition) is 8. The maximum atomic E-state index is 14.4. The number of piperidine rings is 3. The molecule has 3 aromatic rings. The van der Waals surface area contributed by atoms with Crippen LogP contribution in [-0.2, 0) is 20.6 Å². The van der Waals surface area contributed by atoms with Crippen LogP contribution in [0.4, 0.5) is 5.69 Å². The fraction of sp³-hybridized carbons (Fsp3) is 0.643. The van der Waals surface area contributed by atoms with Gasteiger partial charge in [0.1, 0.15) is 10.6 Å². The fourth-order valence-electron chi connectivity index (χ4n) is 8.64. The quantitative estimate of drug-likeness (QED) is 0.127. The van der Waals surface area contributed by atoms with Gasteiger partial charge >= 0.3 is 0 Å². The number of aromatic nitrogens is 1. The highest BCUT2D eigenvalue weighted by Gasteiger charge is 2.33. The molecule has 8 nitrogen and oxygen atoms in total. The minimum absolute atomic E-state index is 0.211. The van der Waals surface area contributed by atoms with Crippen LogP contribution in [0.1, 0.15) is 110 Å². The Morgan fingerprint density at radius 2 is 1.35 bits per heavy atom. The van der Waals surface area contributed by atoms with Gasteiger partial charge in [0.15, 0.2) is 0 Å². The molecule has 1 unspecified atom stereocenters. The Hall–Kier alpha value is -2.53. The van der Waals surface area contributed by atoms with Crippen molar-refractivity contribution in [2.45, 2.75) is 136 Å². The van der Waals surface area contributed by atoms with Crippen LogP contribution in [0.5, 0.6) is 5.75 Å². The van der Waals surface area contributed by atoms with E-state index >= 15 is 0 Å². The number of sulfone groups is 1. The molecule has 3 aliphatic heterocycles. The normalized spacial score (nSPS) is 19.3. The molecule has 52 heavy (non-hydrogen) atoms. The Labute approximate surface area is 316 Å². The lowest BCUT2D eigenvalue weighted by atomic mass is 9.95. The van der Waals surface area contributed by atoms with Gasteiger partial charge in [0.2, 0.25) is 9.84 Å². The van der Waals surface area contributed by atoms with Gasteiger partial charge < -0.3 is 19.4 Å². The van der Waals surface area contributed by atoms with Gasteiger partial charge in [-0.3, -0.25) is 9.19 Å². The van der Waals surface area contributed by atoms with Gasteiger partial charge in [-0.05, 0) is 114 Å². The SMILES string of the molecule is CCCCCCCCCCCOc1ccc(S(=O)(=O)c2cnc3ccc(S(C)=O)cc3c2N2CCC(N3CCC(N4CCCCC4)CC3)CC2)cc1. The van der Waals surface area contributed by atoms with E-state index in [0.717, 1.165) is 63.3 Å². The van der Waals surface area contributed by atoms with Crippen LogP contribution in [0, 0.1) is 0 Å². The first-order valence-corrected chi connectivity index (χ1v) is 23.4. The third kappa shape index (κ3) is 9.96. The van der Waals surface area contributed by atoms with E-state index in [-0.39, 0.29) is 9.79 Å². The molecule has 2 aromatic carbocycles. The monoisotopic (exact) mass is 750 g/mol. The molecule has 0 amide bonds. The van der Waals surface area contributed by atoms with Gasteiger partial charge in [-0.15, -0.1) is 0 Å². The van der Waals surface area contributed by atoms with Crippen molar-refractivity contribution >= 4 is 37.2 Å². The number of likely N-dealkylation sites (tertiary alicyclic amines) is 2. The molecule has 0 spiro atoms. The molecule has 6 rings (SSSR count). The number of nitrogens with zero attached hydrogens (tertiary/aromatic N) is 4. The minimum Gasteiger partial charge on any atom is -0.494 e. The molecule has 286 valence electrons. The third-order valence-electron chi connectivity index (χ3n) is 11.8. The number of benzene rings is 2. The lowest BCUT2D eigenvalue weighted by molar-refractivity contribution is 0.0654. The first-order valence-electron chi connectivity index (χ1n) is 20.3.